The largest absolute Gasteiger partial charge is 0.452 e. The predicted molar refractivity (Wildman–Crippen MR) is 107 cm³/mol. The van der Waals surface area contributed by atoms with Crippen LogP contribution in [0.5, 0.6) is 0 Å². The summed E-state index contributed by atoms with van der Waals surface area (Å²) in [6.07, 6.45) is 0. The second-order valence-corrected chi connectivity index (χ2v) is 8.03. The summed E-state index contributed by atoms with van der Waals surface area (Å²) in [6.45, 7) is 3.20. The van der Waals surface area contributed by atoms with Crippen molar-refractivity contribution in [3.8, 4) is 0 Å². The summed E-state index contributed by atoms with van der Waals surface area (Å²) >= 11 is 0. The van der Waals surface area contributed by atoms with Crippen molar-refractivity contribution in [3.05, 3.63) is 59.9 Å². The molecular weight excluding hydrogens is 399 g/mol. The monoisotopic (exact) mass is 422 g/mol. The number of likely N-dealkylation sites (N-methyl/N-ethyl adjacent to an activating group) is 1. The van der Waals surface area contributed by atoms with Gasteiger partial charge in [-0.1, -0.05) is 32.0 Å². The summed E-state index contributed by atoms with van der Waals surface area (Å²) in [7, 11) is -2.35. The molecule has 0 fully saturated rings. The van der Waals surface area contributed by atoms with E-state index in [1.165, 1.54) is 16.3 Å². The number of sulfonamides is 1. The second kappa shape index (κ2) is 9.62. The number of carbonyl (C=O) groups excluding carboxylic acids is 2. The number of nitrogens with zero attached hydrogens (tertiary/aromatic N) is 2. The van der Waals surface area contributed by atoms with Gasteiger partial charge >= 0.3 is 5.97 Å². The topological polar surface area (TPSA) is 84.0 Å². The van der Waals surface area contributed by atoms with Crippen LogP contribution in [0.15, 0.2) is 53.4 Å². The van der Waals surface area contributed by atoms with Gasteiger partial charge in [-0.2, -0.15) is 4.31 Å². The Kier molecular flexibility index (Phi) is 7.46. The Bertz CT molecular complexity index is 976. The smallest absolute Gasteiger partial charge is 0.341 e. The number of carbonyl (C=O) groups is 2. The molecule has 7 nitrogen and oxygen atoms in total. The molecule has 1 amide bonds. The predicted octanol–water partition coefficient (Wildman–Crippen LogP) is 2.68. The van der Waals surface area contributed by atoms with Crippen LogP contribution in [-0.4, -0.2) is 51.3 Å². The number of benzene rings is 2. The number of esters is 1. The highest BCUT2D eigenvalue weighted by atomic mass is 32.2. The second-order valence-electron chi connectivity index (χ2n) is 6.10. The van der Waals surface area contributed by atoms with Crippen LogP contribution in [0.4, 0.5) is 10.1 Å². The zero-order valence-corrected chi connectivity index (χ0v) is 17.3. The van der Waals surface area contributed by atoms with Crippen LogP contribution < -0.4 is 4.90 Å². The van der Waals surface area contributed by atoms with Crippen LogP contribution in [0.1, 0.15) is 24.2 Å². The van der Waals surface area contributed by atoms with Gasteiger partial charge in [0.25, 0.3) is 5.91 Å². The summed E-state index contributed by atoms with van der Waals surface area (Å²) in [4.78, 5) is 25.6. The van der Waals surface area contributed by atoms with Gasteiger partial charge in [0.15, 0.2) is 6.61 Å². The zero-order valence-electron chi connectivity index (χ0n) is 16.5. The maximum absolute atomic E-state index is 14.1. The molecular formula is C20H23FN2O5S. The SMILES string of the molecule is CCN(CC)S(=O)(=O)c1ccc(F)c(C(=O)OCC(=O)N(C)c2ccccc2)c1. The van der Waals surface area contributed by atoms with E-state index in [-0.39, 0.29) is 18.0 Å². The molecule has 156 valence electrons. The van der Waals surface area contributed by atoms with Crippen molar-refractivity contribution in [1.82, 2.24) is 4.31 Å². The number of para-hydroxylation sites is 1. The number of ether oxygens (including phenoxy) is 1. The maximum atomic E-state index is 14.1. The van der Waals surface area contributed by atoms with E-state index < -0.39 is 39.9 Å². The Morgan fingerprint density at radius 2 is 1.66 bits per heavy atom. The average Bonchev–Trinajstić information content (AvgIpc) is 2.72. The summed E-state index contributed by atoms with van der Waals surface area (Å²) in [5.74, 6) is -2.57. The maximum Gasteiger partial charge on any atom is 0.341 e. The van der Waals surface area contributed by atoms with Gasteiger partial charge in [-0.05, 0) is 30.3 Å². The molecule has 0 spiro atoms. The highest BCUT2D eigenvalue weighted by molar-refractivity contribution is 7.89. The number of rotatable bonds is 8. The van der Waals surface area contributed by atoms with Crippen molar-refractivity contribution in [1.29, 1.82) is 0 Å². The van der Waals surface area contributed by atoms with Gasteiger partial charge < -0.3 is 9.64 Å². The minimum absolute atomic E-state index is 0.220. The molecule has 9 heteroatoms. The van der Waals surface area contributed by atoms with Crippen molar-refractivity contribution in [3.63, 3.8) is 0 Å². The lowest BCUT2D eigenvalue weighted by molar-refractivity contribution is -0.121. The first-order chi connectivity index (χ1) is 13.7. The lowest BCUT2D eigenvalue weighted by Gasteiger charge is -2.19. The highest BCUT2D eigenvalue weighted by Gasteiger charge is 2.25. The van der Waals surface area contributed by atoms with Crippen molar-refractivity contribution in [2.45, 2.75) is 18.7 Å². The van der Waals surface area contributed by atoms with E-state index in [1.54, 1.807) is 44.2 Å². The van der Waals surface area contributed by atoms with E-state index in [1.807, 2.05) is 0 Å². The minimum atomic E-state index is -3.87. The first-order valence-electron chi connectivity index (χ1n) is 9.00. The molecule has 0 saturated carbocycles. The first kappa shape index (κ1) is 22.5. The van der Waals surface area contributed by atoms with Crippen LogP contribution in [0.25, 0.3) is 0 Å². The summed E-state index contributed by atoms with van der Waals surface area (Å²) in [6, 6.07) is 11.6. The van der Waals surface area contributed by atoms with Crippen molar-refractivity contribution in [2.24, 2.45) is 0 Å². The van der Waals surface area contributed by atoms with Crippen LogP contribution in [0.3, 0.4) is 0 Å². The fourth-order valence-electron chi connectivity index (χ4n) is 2.63. The lowest BCUT2D eigenvalue weighted by atomic mass is 10.2. The van der Waals surface area contributed by atoms with E-state index in [0.29, 0.717) is 5.69 Å². The molecule has 0 aliphatic carbocycles. The van der Waals surface area contributed by atoms with Gasteiger partial charge in [-0.15, -0.1) is 0 Å². The normalized spacial score (nSPS) is 11.3. The van der Waals surface area contributed by atoms with Crippen molar-refractivity contribution >= 4 is 27.6 Å². The third-order valence-corrected chi connectivity index (χ3v) is 6.39. The minimum Gasteiger partial charge on any atom is -0.452 e. The number of amides is 1. The van der Waals surface area contributed by atoms with Crippen LogP contribution >= 0.6 is 0 Å². The molecule has 0 heterocycles. The van der Waals surface area contributed by atoms with Crippen molar-refractivity contribution < 1.29 is 27.1 Å². The molecule has 0 aliphatic heterocycles. The lowest BCUT2D eigenvalue weighted by Crippen LogP contribution is -2.31. The molecule has 0 unspecified atom stereocenters. The molecule has 0 bridgehead atoms. The number of halogens is 1. The van der Waals surface area contributed by atoms with Crippen LogP contribution in [-0.2, 0) is 19.6 Å². The Hall–Kier alpha value is -2.78. The average molecular weight is 422 g/mol. The molecule has 2 rings (SSSR count). The molecule has 29 heavy (non-hydrogen) atoms. The van der Waals surface area contributed by atoms with E-state index in [9.17, 15) is 22.4 Å². The fraction of sp³-hybridized carbons (Fsp3) is 0.300. The Morgan fingerprint density at radius 1 is 1.03 bits per heavy atom. The number of anilines is 1. The number of hydrogen-bond acceptors (Lipinski definition) is 5. The third kappa shape index (κ3) is 5.18. The standard InChI is InChI=1S/C20H23FN2O5S/c1-4-23(5-2)29(26,27)16-11-12-18(21)17(13-16)20(25)28-14-19(24)22(3)15-9-7-6-8-10-15/h6-13H,4-5,14H2,1-3H3. The molecule has 0 aromatic heterocycles. The Balaban J connectivity index is 2.16. The molecule has 0 saturated heterocycles. The molecule has 0 aliphatic rings. The molecule has 0 radical (unpaired) electrons. The van der Waals surface area contributed by atoms with Gasteiger partial charge in [-0.3, -0.25) is 4.79 Å². The van der Waals surface area contributed by atoms with E-state index in [2.05, 4.69) is 0 Å². The Labute approximate surface area is 169 Å². The van der Waals surface area contributed by atoms with E-state index in [4.69, 9.17) is 4.74 Å². The van der Waals surface area contributed by atoms with Gasteiger partial charge in [0.1, 0.15) is 5.82 Å². The molecule has 0 atom stereocenters. The fourth-order valence-corrected chi connectivity index (χ4v) is 4.12. The zero-order chi connectivity index (χ0) is 21.6. The van der Waals surface area contributed by atoms with Gasteiger partial charge in [0.05, 0.1) is 10.5 Å². The summed E-state index contributed by atoms with van der Waals surface area (Å²) in [5.41, 5.74) is 0.0560. The molecule has 2 aromatic carbocycles. The van der Waals surface area contributed by atoms with Gasteiger partial charge in [0.2, 0.25) is 10.0 Å². The highest BCUT2D eigenvalue weighted by Crippen LogP contribution is 2.20. The number of hydrogen-bond donors (Lipinski definition) is 0. The molecule has 2 aromatic rings. The Morgan fingerprint density at radius 3 is 2.24 bits per heavy atom. The van der Waals surface area contributed by atoms with Crippen LogP contribution in [0.2, 0.25) is 0 Å². The third-order valence-electron chi connectivity index (χ3n) is 4.35. The van der Waals surface area contributed by atoms with Gasteiger partial charge in [0, 0.05) is 25.8 Å². The van der Waals surface area contributed by atoms with Crippen molar-refractivity contribution in [2.75, 3.05) is 31.6 Å². The van der Waals surface area contributed by atoms with Gasteiger partial charge in [-0.25, -0.2) is 17.6 Å². The summed E-state index contributed by atoms with van der Waals surface area (Å²) in [5, 5.41) is 0. The quantitative estimate of drug-likeness (QED) is 0.611. The summed E-state index contributed by atoms with van der Waals surface area (Å²) < 4.78 is 45.4. The van der Waals surface area contributed by atoms with E-state index in [0.717, 1.165) is 18.2 Å². The first-order valence-corrected chi connectivity index (χ1v) is 10.4. The van der Waals surface area contributed by atoms with Crippen LogP contribution in [0, 0.1) is 5.82 Å². The molecule has 0 N–H and O–H groups in total. The van der Waals surface area contributed by atoms with E-state index >= 15 is 0 Å².